The second-order valence-electron chi connectivity index (χ2n) is 4.15. The van der Waals surface area contributed by atoms with Gasteiger partial charge in [0.1, 0.15) is 17.7 Å². The predicted octanol–water partition coefficient (Wildman–Crippen LogP) is 2.11. The molecule has 1 heterocycles. The summed E-state index contributed by atoms with van der Waals surface area (Å²) in [6.07, 6.45) is 1.64. The SMILES string of the molecule is CCCCN1C(=O)C(N)c2cc(F)cc(F)c21. The van der Waals surface area contributed by atoms with Gasteiger partial charge in [0.15, 0.2) is 0 Å². The fraction of sp³-hybridized carbons (Fsp3) is 0.417. The maximum Gasteiger partial charge on any atom is 0.248 e. The van der Waals surface area contributed by atoms with Crippen LogP contribution in [0.25, 0.3) is 0 Å². The second kappa shape index (κ2) is 4.41. The Labute approximate surface area is 98.2 Å². The van der Waals surface area contributed by atoms with E-state index in [0.29, 0.717) is 6.54 Å². The summed E-state index contributed by atoms with van der Waals surface area (Å²) >= 11 is 0. The van der Waals surface area contributed by atoms with Gasteiger partial charge in [0.25, 0.3) is 0 Å². The Morgan fingerprint density at radius 3 is 2.76 bits per heavy atom. The molecule has 0 saturated heterocycles. The lowest BCUT2D eigenvalue weighted by Crippen LogP contribution is -2.32. The number of amides is 1. The molecule has 0 bridgehead atoms. The Morgan fingerprint density at radius 1 is 1.41 bits per heavy atom. The van der Waals surface area contributed by atoms with Gasteiger partial charge in [0.05, 0.1) is 5.69 Å². The van der Waals surface area contributed by atoms with Gasteiger partial charge in [-0.3, -0.25) is 4.79 Å². The number of nitrogens with zero attached hydrogens (tertiary/aromatic N) is 1. The summed E-state index contributed by atoms with van der Waals surface area (Å²) in [4.78, 5) is 13.2. The van der Waals surface area contributed by atoms with Crippen molar-refractivity contribution in [2.75, 3.05) is 11.4 Å². The van der Waals surface area contributed by atoms with Crippen LogP contribution in [0.2, 0.25) is 0 Å². The fourth-order valence-electron chi connectivity index (χ4n) is 2.06. The summed E-state index contributed by atoms with van der Waals surface area (Å²) in [6.45, 7) is 2.39. The minimum Gasteiger partial charge on any atom is -0.316 e. The van der Waals surface area contributed by atoms with Crippen molar-refractivity contribution in [3.05, 3.63) is 29.3 Å². The van der Waals surface area contributed by atoms with Crippen LogP contribution in [0, 0.1) is 11.6 Å². The molecule has 2 rings (SSSR count). The molecule has 0 spiro atoms. The van der Waals surface area contributed by atoms with Crippen LogP contribution in [0.1, 0.15) is 31.4 Å². The summed E-state index contributed by atoms with van der Waals surface area (Å²) in [7, 11) is 0. The zero-order valence-electron chi connectivity index (χ0n) is 9.54. The van der Waals surface area contributed by atoms with E-state index in [1.165, 1.54) is 4.90 Å². The minimum atomic E-state index is -0.952. The average molecular weight is 240 g/mol. The average Bonchev–Trinajstić information content (AvgIpc) is 2.51. The van der Waals surface area contributed by atoms with Gasteiger partial charge in [0, 0.05) is 18.2 Å². The third-order valence-corrected chi connectivity index (χ3v) is 2.93. The van der Waals surface area contributed by atoms with E-state index < -0.39 is 17.7 Å². The van der Waals surface area contributed by atoms with Gasteiger partial charge >= 0.3 is 0 Å². The molecule has 0 radical (unpaired) electrons. The van der Waals surface area contributed by atoms with Gasteiger partial charge in [-0.15, -0.1) is 0 Å². The lowest BCUT2D eigenvalue weighted by atomic mass is 10.1. The van der Waals surface area contributed by atoms with Gasteiger partial charge in [-0.05, 0) is 12.5 Å². The van der Waals surface area contributed by atoms with Crippen molar-refractivity contribution in [1.29, 1.82) is 0 Å². The summed E-state index contributed by atoms with van der Waals surface area (Å²) in [6, 6.07) is 0.961. The van der Waals surface area contributed by atoms with Crippen LogP contribution >= 0.6 is 0 Å². The highest BCUT2D eigenvalue weighted by Crippen LogP contribution is 2.37. The predicted molar refractivity (Wildman–Crippen MR) is 60.5 cm³/mol. The molecule has 2 N–H and O–H groups in total. The van der Waals surface area contributed by atoms with Crippen LogP contribution in [-0.2, 0) is 4.79 Å². The van der Waals surface area contributed by atoms with Crippen molar-refractivity contribution < 1.29 is 13.6 Å². The first kappa shape index (κ1) is 12.0. The van der Waals surface area contributed by atoms with Gasteiger partial charge in [0.2, 0.25) is 5.91 Å². The molecule has 1 aromatic carbocycles. The lowest BCUT2D eigenvalue weighted by molar-refractivity contribution is -0.119. The topological polar surface area (TPSA) is 46.3 Å². The minimum absolute atomic E-state index is 0.136. The zero-order valence-corrected chi connectivity index (χ0v) is 9.54. The van der Waals surface area contributed by atoms with E-state index in [2.05, 4.69) is 0 Å². The number of nitrogens with two attached hydrogens (primary N) is 1. The fourth-order valence-corrected chi connectivity index (χ4v) is 2.06. The third kappa shape index (κ3) is 1.91. The summed E-state index contributed by atoms with van der Waals surface area (Å²) in [5, 5.41) is 0. The zero-order chi connectivity index (χ0) is 12.6. The number of benzene rings is 1. The second-order valence-corrected chi connectivity index (χ2v) is 4.15. The molecule has 0 saturated carbocycles. The van der Waals surface area contributed by atoms with E-state index >= 15 is 0 Å². The quantitative estimate of drug-likeness (QED) is 0.879. The maximum atomic E-state index is 13.7. The first-order chi connectivity index (χ1) is 8.06. The van der Waals surface area contributed by atoms with Crippen molar-refractivity contribution in [1.82, 2.24) is 0 Å². The van der Waals surface area contributed by atoms with Gasteiger partial charge < -0.3 is 10.6 Å². The number of hydrogen-bond donors (Lipinski definition) is 1. The number of unbranched alkanes of at least 4 members (excludes halogenated alkanes) is 1. The number of carbonyl (C=O) groups excluding carboxylic acids is 1. The molecule has 5 heteroatoms. The number of rotatable bonds is 3. The molecule has 1 unspecified atom stereocenters. The highest BCUT2D eigenvalue weighted by Gasteiger charge is 2.37. The van der Waals surface area contributed by atoms with Crippen molar-refractivity contribution in [3.8, 4) is 0 Å². The van der Waals surface area contributed by atoms with Crippen molar-refractivity contribution in [3.63, 3.8) is 0 Å². The van der Waals surface area contributed by atoms with Crippen LogP contribution in [0.3, 0.4) is 0 Å². The molecule has 0 fully saturated rings. The largest absolute Gasteiger partial charge is 0.316 e. The van der Waals surface area contributed by atoms with Crippen molar-refractivity contribution >= 4 is 11.6 Å². The van der Waals surface area contributed by atoms with Gasteiger partial charge in [-0.2, -0.15) is 0 Å². The van der Waals surface area contributed by atoms with Crippen LogP contribution in [-0.4, -0.2) is 12.5 Å². The van der Waals surface area contributed by atoms with Crippen LogP contribution in [0.15, 0.2) is 12.1 Å². The number of carbonyl (C=O) groups is 1. The number of halogens is 2. The van der Waals surface area contributed by atoms with E-state index in [0.717, 1.165) is 25.0 Å². The first-order valence-corrected chi connectivity index (χ1v) is 5.62. The molecule has 0 aromatic heterocycles. The molecule has 17 heavy (non-hydrogen) atoms. The molecule has 3 nitrogen and oxygen atoms in total. The highest BCUT2D eigenvalue weighted by molar-refractivity contribution is 6.04. The molecule has 1 aromatic rings. The van der Waals surface area contributed by atoms with E-state index in [1.54, 1.807) is 0 Å². The van der Waals surface area contributed by atoms with Crippen LogP contribution in [0.5, 0.6) is 0 Å². The molecule has 1 aliphatic rings. The van der Waals surface area contributed by atoms with E-state index in [1.807, 2.05) is 6.92 Å². The smallest absolute Gasteiger partial charge is 0.248 e. The van der Waals surface area contributed by atoms with E-state index in [9.17, 15) is 13.6 Å². The van der Waals surface area contributed by atoms with Gasteiger partial charge in [-0.25, -0.2) is 8.78 Å². The molecular weight excluding hydrogens is 226 g/mol. The van der Waals surface area contributed by atoms with Gasteiger partial charge in [-0.1, -0.05) is 13.3 Å². The molecule has 92 valence electrons. The van der Waals surface area contributed by atoms with E-state index in [4.69, 9.17) is 5.73 Å². The Kier molecular flexibility index (Phi) is 3.11. The van der Waals surface area contributed by atoms with Crippen LogP contribution in [0.4, 0.5) is 14.5 Å². The molecular formula is C12H14F2N2O. The van der Waals surface area contributed by atoms with E-state index in [-0.39, 0.29) is 17.2 Å². The summed E-state index contributed by atoms with van der Waals surface area (Å²) in [5.74, 6) is -1.79. The summed E-state index contributed by atoms with van der Waals surface area (Å²) < 4.78 is 26.8. The van der Waals surface area contributed by atoms with Crippen LogP contribution < -0.4 is 10.6 Å². The number of hydrogen-bond acceptors (Lipinski definition) is 2. The molecule has 1 amide bonds. The molecule has 1 atom stereocenters. The standard InChI is InChI=1S/C12H14F2N2O/c1-2-3-4-16-11-8(10(15)12(16)17)5-7(13)6-9(11)14/h5-6,10H,2-4,15H2,1H3. The Hall–Kier alpha value is -1.49. The maximum absolute atomic E-state index is 13.7. The van der Waals surface area contributed by atoms with Crippen molar-refractivity contribution in [2.24, 2.45) is 5.73 Å². The summed E-state index contributed by atoms with van der Waals surface area (Å²) in [5.41, 5.74) is 6.04. The Balaban J connectivity index is 2.44. The highest BCUT2D eigenvalue weighted by atomic mass is 19.1. The number of fused-ring (bicyclic) bond motifs is 1. The van der Waals surface area contributed by atoms with Crippen molar-refractivity contribution in [2.45, 2.75) is 25.8 Å². The normalized spacial score (nSPS) is 18.7. The Morgan fingerprint density at radius 2 is 2.12 bits per heavy atom. The lowest BCUT2D eigenvalue weighted by Gasteiger charge is -2.17. The Bertz CT molecular complexity index is 462. The first-order valence-electron chi connectivity index (χ1n) is 5.62. The monoisotopic (exact) mass is 240 g/mol. The molecule has 0 aliphatic carbocycles. The third-order valence-electron chi connectivity index (χ3n) is 2.93. The number of anilines is 1. The molecule has 1 aliphatic heterocycles.